The Morgan fingerprint density at radius 1 is 1.19 bits per heavy atom. The number of aromatic nitrogens is 1. The fourth-order valence-electron chi connectivity index (χ4n) is 1.55. The van der Waals surface area contributed by atoms with Crippen LogP contribution in [-0.4, -0.2) is 11.5 Å². The highest BCUT2D eigenvalue weighted by Gasteiger charge is 2.12. The molecule has 0 radical (unpaired) electrons. The van der Waals surface area contributed by atoms with Gasteiger partial charge in [0.05, 0.1) is 9.50 Å². The zero-order valence-electron chi connectivity index (χ0n) is 11.1. The van der Waals surface area contributed by atoms with Crippen molar-refractivity contribution in [3.8, 4) is 11.6 Å². The molecule has 2 rings (SSSR count). The largest absolute Gasteiger partial charge is 0.436 e. The second-order valence-corrected chi connectivity index (χ2v) is 6.79. The Hall–Kier alpha value is -0.490. The van der Waals surface area contributed by atoms with Crippen LogP contribution < -0.4 is 10.1 Å². The molecule has 0 bridgehead atoms. The first-order chi connectivity index (χ1) is 10.0. The highest BCUT2D eigenvalue weighted by molar-refractivity contribution is 9.11. The van der Waals surface area contributed by atoms with Crippen molar-refractivity contribution in [1.29, 1.82) is 0 Å². The quantitative estimate of drug-likeness (QED) is 0.557. The maximum Gasteiger partial charge on any atom is 0.240 e. The zero-order chi connectivity index (χ0) is 15.4. The van der Waals surface area contributed by atoms with Crippen LogP contribution in [0.25, 0.3) is 0 Å². The second-order valence-electron chi connectivity index (χ2n) is 4.21. The van der Waals surface area contributed by atoms with Crippen LogP contribution >= 0.6 is 55.1 Å². The van der Waals surface area contributed by atoms with Gasteiger partial charge in [-0.05, 0) is 46.6 Å². The summed E-state index contributed by atoms with van der Waals surface area (Å²) in [6, 6.07) is 7.20. The van der Waals surface area contributed by atoms with E-state index >= 15 is 0 Å². The lowest BCUT2D eigenvalue weighted by atomic mass is 10.3. The highest BCUT2D eigenvalue weighted by atomic mass is 79.9. The van der Waals surface area contributed by atoms with Gasteiger partial charge in [-0.2, -0.15) is 4.98 Å². The molecule has 0 aliphatic rings. The summed E-state index contributed by atoms with van der Waals surface area (Å²) in [5.74, 6) is 1.49. The van der Waals surface area contributed by atoms with Gasteiger partial charge in [0.1, 0.15) is 16.6 Å². The molecule has 1 aromatic heterocycles. The Morgan fingerprint density at radius 3 is 2.62 bits per heavy atom. The van der Waals surface area contributed by atoms with Crippen LogP contribution in [0.1, 0.15) is 13.3 Å². The number of ether oxygens (including phenoxy) is 1. The van der Waals surface area contributed by atoms with Crippen molar-refractivity contribution in [3.63, 3.8) is 0 Å². The van der Waals surface area contributed by atoms with Gasteiger partial charge in [0.25, 0.3) is 0 Å². The molecule has 0 atom stereocenters. The van der Waals surface area contributed by atoms with Gasteiger partial charge in [0.2, 0.25) is 5.88 Å². The molecule has 0 amide bonds. The Morgan fingerprint density at radius 2 is 1.95 bits per heavy atom. The predicted octanol–water partition coefficient (Wildman–Crippen LogP) is 6.53. The molecule has 0 saturated heterocycles. The summed E-state index contributed by atoms with van der Waals surface area (Å²) in [7, 11) is 0. The third kappa shape index (κ3) is 4.49. The Kier molecular flexibility index (Phi) is 6.17. The fourth-order valence-corrected chi connectivity index (χ4v) is 3.14. The minimum Gasteiger partial charge on any atom is -0.436 e. The van der Waals surface area contributed by atoms with Crippen LogP contribution in [0.5, 0.6) is 11.6 Å². The smallest absolute Gasteiger partial charge is 0.240 e. The monoisotopic (exact) mass is 452 g/mol. The van der Waals surface area contributed by atoms with Crippen LogP contribution in [0.3, 0.4) is 0 Å². The molecule has 0 spiro atoms. The molecular weight excluding hydrogens is 443 g/mol. The van der Waals surface area contributed by atoms with Crippen molar-refractivity contribution < 1.29 is 4.74 Å². The fraction of sp³-hybridized carbons (Fsp3) is 0.214. The van der Waals surface area contributed by atoms with Gasteiger partial charge in [-0.15, -0.1) is 0 Å². The lowest BCUT2D eigenvalue weighted by Crippen LogP contribution is -2.03. The number of nitrogens with one attached hydrogen (secondary N) is 1. The first-order valence-corrected chi connectivity index (χ1v) is 8.58. The van der Waals surface area contributed by atoms with Gasteiger partial charge in [-0.3, -0.25) is 0 Å². The van der Waals surface area contributed by atoms with Crippen LogP contribution in [-0.2, 0) is 0 Å². The van der Waals surface area contributed by atoms with E-state index in [4.69, 9.17) is 27.9 Å². The van der Waals surface area contributed by atoms with E-state index in [1.54, 1.807) is 6.07 Å². The minimum atomic E-state index is 0.308. The Balaban J connectivity index is 2.30. The SMILES string of the molecule is CCCNc1nc(Oc2ccc(Br)cc2Br)c(Cl)cc1Cl. The molecule has 1 heterocycles. The number of benzene rings is 1. The molecule has 3 nitrogen and oxygen atoms in total. The third-order valence-corrected chi connectivity index (χ3v) is 4.21. The number of hydrogen-bond acceptors (Lipinski definition) is 3. The summed E-state index contributed by atoms with van der Waals surface area (Å²) >= 11 is 19.1. The van der Waals surface area contributed by atoms with Gasteiger partial charge in [-0.25, -0.2) is 0 Å². The van der Waals surface area contributed by atoms with Crippen LogP contribution in [0.15, 0.2) is 33.2 Å². The van der Waals surface area contributed by atoms with Gasteiger partial charge in [0, 0.05) is 11.0 Å². The standard InChI is InChI=1S/C14H12Br2Cl2N2O/c1-2-5-19-13-10(17)7-11(18)14(20-13)21-12-4-3-8(15)6-9(12)16/h3-4,6-7H,2,5H2,1H3,(H,19,20). The molecule has 0 saturated carbocycles. The molecule has 7 heteroatoms. The van der Waals surface area contributed by atoms with Crippen molar-refractivity contribution in [2.24, 2.45) is 0 Å². The van der Waals surface area contributed by atoms with Gasteiger partial charge < -0.3 is 10.1 Å². The highest BCUT2D eigenvalue weighted by Crippen LogP contribution is 2.36. The van der Waals surface area contributed by atoms with E-state index in [9.17, 15) is 0 Å². The van der Waals surface area contributed by atoms with Gasteiger partial charge in [-0.1, -0.05) is 46.1 Å². The zero-order valence-corrected chi connectivity index (χ0v) is 15.8. The lowest BCUT2D eigenvalue weighted by molar-refractivity contribution is 0.461. The summed E-state index contributed by atoms with van der Waals surface area (Å²) in [5.41, 5.74) is 0. The molecule has 2 aromatic rings. The molecule has 1 aromatic carbocycles. The number of halogens is 4. The summed E-state index contributed by atoms with van der Waals surface area (Å²) in [6.07, 6.45) is 0.967. The van der Waals surface area contributed by atoms with Gasteiger partial charge >= 0.3 is 0 Å². The first-order valence-electron chi connectivity index (χ1n) is 6.24. The predicted molar refractivity (Wildman–Crippen MR) is 95.0 cm³/mol. The summed E-state index contributed by atoms with van der Waals surface area (Å²) in [5, 5.41) is 3.97. The normalized spacial score (nSPS) is 10.5. The van der Waals surface area contributed by atoms with Crippen molar-refractivity contribution in [2.45, 2.75) is 13.3 Å². The van der Waals surface area contributed by atoms with Crippen molar-refractivity contribution >= 4 is 60.9 Å². The van der Waals surface area contributed by atoms with Crippen molar-refractivity contribution in [1.82, 2.24) is 4.98 Å². The first kappa shape index (κ1) is 16.9. The van der Waals surface area contributed by atoms with Crippen molar-refractivity contribution in [2.75, 3.05) is 11.9 Å². The molecule has 21 heavy (non-hydrogen) atoms. The lowest BCUT2D eigenvalue weighted by Gasteiger charge is -2.12. The van der Waals surface area contributed by atoms with Gasteiger partial charge in [0.15, 0.2) is 0 Å². The maximum atomic E-state index is 6.14. The summed E-state index contributed by atoms with van der Waals surface area (Å²) < 4.78 is 7.51. The second kappa shape index (κ2) is 7.68. The maximum absolute atomic E-state index is 6.14. The average Bonchev–Trinajstić information content (AvgIpc) is 2.43. The third-order valence-electron chi connectivity index (χ3n) is 2.54. The van der Waals surface area contributed by atoms with Crippen LogP contribution in [0.2, 0.25) is 10.0 Å². The average molecular weight is 455 g/mol. The van der Waals surface area contributed by atoms with E-state index in [1.807, 2.05) is 18.2 Å². The molecule has 1 N–H and O–H groups in total. The minimum absolute atomic E-state index is 0.308. The molecule has 0 aliphatic heterocycles. The van der Waals surface area contributed by atoms with E-state index in [-0.39, 0.29) is 0 Å². The Labute approximate surface area is 150 Å². The number of rotatable bonds is 5. The molecule has 0 aliphatic carbocycles. The Bertz CT molecular complexity index is 653. The van der Waals surface area contributed by atoms with E-state index in [2.05, 4.69) is 49.1 Å². The van der Waals surface area contributed by atoms with E-state index < -0.39 is 0 Å². The van der Waals surface area contributed by atoms with E-state index in [0.717, 1.165) is 21.9 Å². The van der Waals surface area contributed by atoms with Crippen molar-refractivity contribution in [3.05, 3.63) is 43.3 Å². The van der Waals surface area contributed by atoms with Crippen LogP contribution in [0.4, 0.5) is 5.82 Å². The molecule has 0 fully saturated rings. The molecule has 112 valence electrons. The van der Waals surface area contributed by atoms with E-state index in [0.29, 0.717) is 27.5 Å². The molecular formula is C14H12Br2Cl2N2O. The number of anilines is 1. The summed E-state index contributed by atoms with van der Waals surface area (Å²) in [6.45, 7) is 2.84. The van der Waals surface area contributed by atoms with Crippen LogP contribution in [0, 0.1) is 0 Å². The molecule has 0 unspecified atom stereocenters. The number of hydrogen-bond donors (Lipinski definition) is 1. The summed E-state index contributed by atoms with van der Waals surface area (Å²) in [4.78, 5) is 4.34. The number of pyridine rings is 1. The topological polar surface area (TPSA) is 34.2 Å². The van der Waals surface area contributed by atoms with E-state index in [1.165, 1.54) is 0 Å². The number of nitrogens with zero attached hydrogens (tertiary/aromatic N) is 1.